The number of benzene rings is 1. The molecule has 0 saturated carbocycles. The van der Waals surface area contributed by atoms with Gasteiger partial charge in [0.2, 0.25) is 0 Å². The van der Waals surface area contributed by atoms with Crippen LogP contribution in [0.3, 0.4) is 0 Å². The third kappa shape index (κ3) is 2.75. The summed E-state index contributed by atoms with van der Waals surface area (Å²) >= 11 is 4.79. The standard InChI is InChI=1S/C15H16BrN3O3S/c1-14(2)19(13(20)21)15(3,8-22-14)12-18-17-11(23-12)9-4-6-10(16)7-5-9/h4-7H,8H2,1-3H3,(H,20,21). The number of halogens is 1. The van der Waals surface area contributed by atoms with Gasteiger partial charge in [0.05, 0.1) is 6.61 Å². The van der Waals surface area contributed by atoms with E-state index >= 15 is 0 Å². The molecule has 1 aliphatic heterocycles. The summed E-state index contributed by atoms with van der Waals surface area (Å²) in [7, 11) is 0. The third-order valence-corrected chi connectivity index (χ3v) is 5.66. The lowest BCUT2D eigenvalue weighted by molar-refractivity contribution is -0.0466. The highest BCUT2D eigenvalue weighted by Gasteiger charge is 2.54. The van der Waals surface area contributed by atoms with Gasteiger partial charge in [0.15, 0.2) is 0 Å². The lowest BCUT2D eigenvalue weighted by atomic mass is 10.0. The molecular formula is C15H16BrN3O3S. The SMILES string of the molecule is CC1(C)OCC(C)(c2nnc(-c3ccc(Br)cc3)s2)N1C(=O)O. The van der Waals surface area contributed by atoms with Crippen molar-refractivity contribution in [1.82, 2.24) is 15.1 Å². The van der Waals surface area contributed by atoms with Crippen molar-refractivity contribution in [3.63, 3.8) is 0 Å². The zero-order chi connectivity index (χ0) is 16.8. The fourth-order valence-corrected chi connectivity index (χ4v) is 4.02. The minimum Gasteiger partial charge on any atom is -0.465 e. The molecule has 1 fully saturated rings. The molecule has 2 heterocycles. The Morgan fingerprint density at radius 3 is 2.57 bits per heavy atom. The van der Waals surface area contributed by atoms with Gasteiger partial charge >= 0.3 is 6.09 Å². The number of ether oxygens (including phenoxy) is 1. The monoisotopic (exact) mass is 397 g/mol. The largest absolute Gasteiger partial charge is 0.465 e. The first-order valence-electron chi connectivity index (χ1n) is 7.01. The lowest BCUT2D eigenvalue weighted by Crippen LogP contribution is -2.51. The quantitative estimate of drug-likeness (QED) is 0.830. The number of carbonyl (C=O) groups is 1. The fraction of sp³-hybridized carbons (Fsp3) is 0.400. The molecule has 1 atom stereocenters. The highest BCUT2D eigenvalue weighted by molar-refractivity contribution is 9.10. The Kier molecular flexibility index (Phi) is 3.94. The molecule has 1 amide bonds. The van der Waals surface area contributed by atoms with Gasteiger partial charge in [0.1, 0.15) is 21.3 Å². The molecule has 23 heavy (non-hydrogen) atoms. The van der Waals surface area contributed by atoms with Crippen LogP contribution in [-0.2, 0) is 10.3 Å². The maximum atomic E-state index is 11.7. The van der Waals surface area contributed by atoms with E-state index in [1.165, 1.54) is 16.2 Å². The normalized spacial score (nSPS) is 23.2. The van der Waals surface area contributed by atoms with Crippen molar-refractivity contribution in [3.05, 3.63) is 33.7 Å². The maximum Gasteiger partial charge on any atom is 0.410 e. The van der Waals surface area contributed by atoms with Crippen LogP contribution in [0.2, 0.25) is 0 Å². The van der Waals surface area contributed by atoms with E-state index in [0.29, 0.717) is 5.01 Å². The van der Waals surface area contributed by atoms with E-state index in [0.717, 1.165) is 15.0 Å². The molecule has 0 aliphatic carbocycles. The molecule has 122 valence electrons. The first kappa shape index (κ1) is 16.4. The van der Waals surface area contributed by atoms with Gasteiger partial charge in [-0.15, -0.1) is 10.2 Å². The molecule has 0 bridgehead atoms. The van der Waals surface area contributed by atoms with Crippen molar-refractivity contribution < 1.29 is 14.6 Å². The summed E-state index contributed by atoms with van der Waals surface area (Å²) in [6.07, 6.45) is -1.03. The predicted octanol–water partition coefficient (Wildman–Crippen LogP) is 3.93. The molecule has 1 aromatic carbocycles. The van der Waals surface area contributed by atoms with Crippen molar-refractivity contribution in [2.45, 2.75) is 32.0 Å². The van der Waals surface area contributed by atoms with Gasteiger partial charge in [0, 0.05) is 10.0 Å². The van der Waals surface area contributed by atoms with Crippen LogP contribution in [0, 0.1) is 0 Å². The van der Waals surface area contributed by atoms with E-state index in [4.69, 9.17) is 4.74 Å². The van der Waals surface area contributed by atoms with Crippen molar-refractivity contribution in [1.29, 1.82) is 0 Å². The fourth-order valence-electron chi connectivity index (χ4n) is 2.79. The van der Waals surface area contributed by atoms with Crippen LogP contribution < -0.4 is 0 Å². The van der Waals surface area contributed by atoms with Gasteiger partial charge in [-0.2, -0.15) is 0 Å². The minimum absolute atomic E-state index is 0.251. The summed E-state index contributed by atoms with van der Waals surface area (Å²) in [5, 5.41) is 19.4. The smallest absolute Gasteiger partial charge is 0.410 e. The second-order valence-corrected chi connectivity index (χ2v) is 7.94. The molecule has 1 N–H and O–H groups in total. The Balaban J connectivity index is 1.99. The average Bonchev–Trinajstić information content (AvgIpc) is 3.04. The summed E-state index contributed by atoms with van der Waals surface area (Å²) in [5.74, 6) is 0. The number of amides is 1. The molecule has 8 heteroatoms. The molecule has 2 aromatic rings. The molecule has 1 unspecified atom stereocenters. The zero-order valence-corrected chi connectivity index (χ0v) is 15.3. The van der Waals surface area contributed by atoms with Gasteiger partial charge in [-0.25, -0.2) is 4.79 Å². The highest BCUT2D eigenvalue weighted by atomic mass is 79.9. The minimum atomic E-state index is -1.03. The molecule has 1 saturated heterocycles. The van der Waals surface area contributed by atoms with E-state index in [-0.39, 0.29) is 6.61 Å². The van der Waals surface area contributed by atoms with Gasteiger partial charge in [-0.1, -0.05) is 39.4 Å². The first-order valence-corrected chi connectivity index (χ1v) is 8.62. The molecule has 3 rings (SSSR count). The predicted molar refractivity (Wildman–Crippen MR) is 90.3 cm³/mol. The number of carboxylic acid groups (broad SMARTS) is 1. The zero-order valence-electron chi connectivity index (χ0n) is 12.9. The van der Waals surface area contributed by atoms with Gasteiger partial charge in [0.25, 0.3) is 0 Å². The summed E-state index contributed by atoms with van der Waals surface area (Å²) in [6, 6.07) is 7.76. The van der Waals surface area contributed by atoms with Gasteiger partial charge in [-0.3, -0.25) is 4.90 Å². The van der Waals surface area contributed by atoms with Crippen LogP contribution in [0.4, 0.5) is 4.79 Å². The first-order chi connectivity index (χ1) is 10.7. The average molecular weight is 398 g/mol. The summed E-state index contributed by atoms with van der Waals surface area (Å²) in [6.45, 7) is 5.55. The lowest BCUT2D eigenvalue weighted by Gasteiger charge is -2.35. The van der Waals surface area contributed by atoms with Crippen LogP contribution >= 0.6 is 27.3 Å². The van der Waals surface area contributed by atoms with Crippen LogP contribution in [0.25, 0.3) is 10.6 Å². The molecule has 0 radical (unpaired) electrons. The Morgan fingerprint density at radius 2 is 1.96 bits per heavy atom. The van der Waals surface area contributed by atoms with Crippen molar-refractivity contribution in [2.75, 3.05) is 6.61 Å². The molecule has 1 aliphatic rings. The molecular weight excluding hydrogens is 382 g/mol. The van der Waals surface area contributed by atoms with E-state index in [2.05, 4.69) is 26.1 Å². The van der Waals surface area contributed by atoms with Gasteiger partial charge < -0.3 is 9.84 Å². The third-order valence-electron chi connectivity index (χ3n) is 3.91. The summed E-state index contributed by atoms with van der Waals surface area (Å²) in [4.78, 5) is 13.0. The topological polar surface area (TPSA) is 75.6 Å². The van der Waals surface area contributed by atoms with E-state index in [1.807, 2.05) is 31.2 Å². The van der Waals surface area contributed by atoms with Crippen molar-refractivity contribution in [3.8, 4) is 10.6 Å². The number of hydrogen-bond acceptors (Lipinski definition) is 5. The van der Waals surface area contributed by atoms with Crippen LogP contribution in [0.1, 0.15) is 25.8 Å². The molecule has 1 aromatic heterocycles. The van der Waals surface area contributed by atoms with Gasteiger partial charge in [-0.05, 0) is 32.9 Å². The number of aromatic nitrogens is 2. The number of rotatable bonds is 2. The Morgan fingerprint density at radius 1 is 1.30 bits per heavy atom. The second kappa shape index (κ2) is 5.54. The van der Waals surface area contributed by atoms with Crippen molar-refractivity contribution in [2.24, 2.45) is 0 Å². The summed E-state index contributed by atoms with van der Waals surface area (Å²) < 4.78 is 6.68. The van der Waals surface area contributed by atoms with Crippen LogP contribution in [-0.4, -0.2) is 38.6 Å². The Labute approximate surface area is 146 Å². The summed E-state index contributed by atoms with van der Waals surface area (Å²) in [5.41, 5.74) is -0.800. The van der Waals surface area contributed by atoms with E-state index in [9.17, 15) is 9.90 Å². The Hall–Kier alpha value is -1.51. The van der Waals surface area contributed by atoms with Crippen molar-refractivity contribution >= 4 is 33.4 Å². The van der Waals surface area contributed by atoms with E-state index < -0.39 is 17.4 Å². The number of hydrogen-bond donors (Lipinski definition) is 1. The molecule has 6 nitrogen and oxygen atoms in total. The second-order valence-electron chi connectivity index (χ2n) is 6.05. The Bertz CT molecular complexity index is 747. The maximum absolute atomic E-state index is 11.7. The van der Waals surface area contributed by atoms with E-state index in [1.54, 1.807) is 13.8 Å². The van der Waals surface area contributed by atoms with Crippen LogP contribution in [0.5, 0.6) is 0 Å². The molecule has 0 spiro atoms. The van der Waals surface area contributed by atoms with Crippen LogP contribution in [0.15, 0.2) is 28.7 Å². The number of nitrogens with zero attached hydrogens (tertiary/aromatic N) is 3. The highest BCUT2D eigenvalue weighted by Crippen LogP contribution is 2.43.